The second-order valence-corrected chi connectivity index (χ2v) is 4.65. The molecule has 2 rings (SSSR count). The third-order valence-electron chi connectivity index (χ3n) is 2.40. The van der Waals surface area contributed by atoms with Crippen molar-refractivity contribution in [1.82, 2.24) is 0 Å². The summed E-state index contributed by atoms with van der Waals surface area (Å²) in [6.45, 7) is 1.77. The van der Waals surface area contributed by atoms with Crippen molar-refractivity contribution in [2.75, 3.05) is 0 Å². The van der Waals surface area contributed by atoms with Gasteiger partial charge in [-0.1, -0.05) is 6.92 Å². The number of hydrogen-bond acceptors (Lipinski definition) is 2. The average molecular weight is 252 g/mol. The molecule has 4 heteroatoms. The minimum atomic E-state index is -0.488. The van der Waals surface area contributed by atoms with Crippen LogP contribution in [0.3, 0.4) is 0 Å². The van der Waals surface area contributed by atoms with Crippen LogP contribution in [0.15, 0.2) is 30.3 Å². The smallest absolute Gasteiger partial charge is 0.172 e. The number of carbonyl (C=O) groups excluding carboxylic acids is 1. The maximum absolute atomic E-state index is 13.5. The van der Waals surface area contributed by atoms with E-state index < -0.39 is 11.6 Å². The fourth-order valence-corrected chi connectivity index (χ4v) is 2.53. The third kappa shape index (κ3) is 2.42. The Kier molecular flexibility index (Phi) is 3.33. The summed E-state index contributed by atoms with van der Waals surface area (Å²) in [6, 6.07) is 6.60. The first-order chi connectivity index (χ1) is 8.11. The van der Waals surface area contributed by atoms with Crippen molar-refractivity contribution in [3.8, 4) is 10.4 Å². The van der Waals surface area contributed by atoms with E-state index in [0.29, 0.717) is 16.2 Å². The number of Topliss-reactive ketones (excluding diaryl/α,β-unsaturated/α-hetero) is 1. The van der Waals surface area contributed by atoms with Crippen LogP contribution in [0, 0.1) is 11.6 Å². The average Bonchev–Trinajstić information content (AvgIpc) is 2.80. The predicted octanol–water partition coefficient (Wildman–Crippen LogP) is 4.29. The lowest BCUT2D eigenvalue weighted by Crippen LogP contribution is -1.90. The lowest BCUT2D eigenvalue weighted by Gasteiger charge is -1.99. The minimum Gasteiger partial charge on any atom is -0.293 e. The second-order valence-electron chi connectivity index (χ2n) is 3.56. The zero-order valence-corrected chi connectivity index (χ0v) is 9.98. The normalized spacial score (nSPS) is 10.5. The first kappa shape index (κ1) is 11.9. The topological polar surface area (TPSA) is 17.1 Å². The Morgan fingerprint density at radius 2 is 2.00 bits per heavy atom. The molecule has 0 aliphatic carbocycles. The van der Waals surface area contributed by atoms with Crippen LogP contribution >= 0.6 is 11.3 Å². The summed E-state index contributed by atoms with van der Waals surface area (Å²) in [4.78, 5) is 12.6. The Hall–Kier alpha value is -1.55. The van der Waals surface area contributed by atoms with E-state index in [1.165, 1.54) is 11.3 Å². The molecule has 0 atom stereocenters. The van der Waals surface area contributed by atoms with Crippen molar-refractivity contribution in [3.63, 3.8) is 0 Å². The van der Waals surface area contributed by atoms with Gasteiger partial charge in [0.2, 0.25) is 0 Å². The molecule has 0 saturated carbocycles. The molecule has 1 aromatic carbocycles. The molecular formula is C13H10F2OS. The minimum absolute atomic E-state index is 0.0121. The number of thiophene rings is 1. The maximum atomic E-state index is 13.5. The third-order valence-corrected chi connectivity index (χ3v) is 3.56. The highest BCUT2D eigenvalue weighted by molar-refractivity contribution is 7.17. The number of hydrogen-bond donors (Lipinski definition) is 0. The van der Waals surface area contributed by atoms with E-state index in [2.05, 4.69) is 0 Å². The van der Waals surface area contributed by atoms with Gasteiger partial charge in [0.15, 0.2) is 5.78 Å². The fraction of sp³-hybridized carbons (Fsp3) is 0.154. The Balaban J connectivity index is 2.43. The van der Waals surface area contributed by atoms with Gasteiger partial charge in [-0.2, -0.15) is 0 Å². The van der Waals surface area contributed by atoms with Gasteiger partial charge < -0.3 is 0 Å². The van der Waals surface area contributed by atoms with Crippen LogP contribution in [0.5, 0.6) is 0 Å². The monoisotopic (exact) mass is 252 g/mol. The highest BCUT2D eigenvalue weighted by Crippen LogP contribution is 2.31. The molecule has 1 aromatic heterocycles. The van der Waals surface area contributed by atoms with Crippen LogP contribution in [0.4, 0.5) is 8.78 Å². The Bertz CT molecular complexity index is 560. The predicted molar refractivity (Wildman–Crippen MR) is 64.3 cm³/mol. The molecule has 0 unspecified atom stereocenters. The van der Waals surface area contributed by atoms with Crippen LogP contribution in [-0.4, -0.2) is 5.78 Å². The van der Waals surface area contributed by atoms with Gasteiger partial charge in [0.25, 0.3) is 0 Å². The maximum Gasteiger partial charge on any atom is 0.172 e. The van der Waals surface area contributed by atoms with Gasteiger partial charge in [-0.25, -0.2) is 8.78 Å². The molecule has 0 fully saturated rings. The highest BCUT2D eigenvalue weighted by atomic mass is 32.1. The molecule has 88 valence electrons. The first-order valence-corrected chi connectivity index (χ1v) is 6.02. The fourth-order valence-electron chi connectivity index (χ4n) is 1.49. The number of benzene rings is 1. The molecule has 0 N–H and O–H groups in total. The summed E-state index contributed by atoms with van der Waals surface area (Å²) in [5.74, 6) is -0.958. The standard InChI is InChI=1S/C13H10F2OS/c1-2-11(16)13-6-5-12(17-13)9-7-8(14)3-4-10(9)15/h3-7H,2H2,1H3. The van der Waals surface area contributed by atoms with Gasteiger partial charge in [-0.3, -0.25) is 4.79 Å². The molecule has 0 aliphatic rings. The van der Waals surface area contributed by atoms with Gasteiger partial charge in [0.1, 0.15) is 11.6 Å². The summed E-state index contributed by atoms with van der Waals surface area (Å²) >= 11 is 1.19. The molecule has 0 aliphatic heterocycles. The van der Waals surface area contributed by atoms with Gasteiger partial charge in [-0.15, -0.1) is 11.3 Å². The summed E-state index contributed by atoms with van der Waals surface area (Å²) in [7, 11) is 0. The molecular weight excluding hydrogens is 242 g/mol. The van der Waals surface area contributed by atoms with Crippen LogP contribution in [0.25, 0.3) is 10.4 Å². The van der Waals surface area contributed by atoms with E-state index in [9.17, 15) is 13.6 Å². The van der Waals surface area contributed by atoms with Crippen molar-refractivity contribution in [2.45, 2.75) is 13.3 Å². The van der Waals surface area contributed by atoms with Crippen molar-refractivity contribution in [1.29, 1.82) is 0 Å². The first-order valence-electron chi connectivity index (χ1n) is 5.20. The number of carbonyl (C=O) groups is 1. The van der Waals surface area contributed by atoms with Crippen molar-refractivity contribution in [2.24, 2.45) is 0 Å². The van der Waals surface area contributed by atoms with Gasteiger partial charge in [-0.05, 0) is 30.3 Å². The molecule has 1 heterocycles. The van der Waals surface area contributed by atoms with Crippen LogP contribution < -0.4 is 0 Å². The lowest BCUT2D eigenvalue weighted by molar-refractivity contribution is 0.0992. The lowest BCUT2D eigenvalue weighted by atomic mass is 10.1. The quantitative estimate of drug-likeness (QED) is 0.745. The van der Waals surface area contributed by atoms with E-state index >= 15 is 0 Å². The summed E-state index contributed by atoms with van der Waals surface area (Å²) < 4.78 is 26.5. The van der Waals surface area contributed by atoms with Crippen LogP contribution in [0.2, 0.25) is 0 Å². The Morgan fingerprint density at radius 3 is 2.71 bits per heavy atom. The van der Waals surface area contributed by atoms with Gasteiger partial charge >= 0.3 is 0 Å². The molecule has 0 bridgehead atoms. The van der Waals surface area contributed by atoms with E-state index in [1.54, 1.807) is 19.1 Å². The Labute approximate surface area is 102 Å². The van der Waals surface area contributed by atoms with E-state index in [-0.39, 0.29) is 11.3 Å². The molecule has 0 spiro atoms. The second kappa shape index (κ2) is 4.75. The summed E-state index contributed by atoms with van der Waals surface area (Å²) in [5.41, 5.74) is 0.199. The van der Waals surface area contributed by atoms with E-state index in [4.69, 9.17) is 0 Å². The van der Waals surface area contributed by atoms with Gasteiger partial charge in [0.05, 0.1) is 4.88 Å². The van der Waals surface area contributed by atoms with E-state index in [1.807, 2.05) is 0 Å². The molecule has 17 heavy (non-hydrogen) atoms. The van der Waals surface area contributed by atoms with Crippen LogP contribution in [-0.2, 0) is 0 Å². The number of ketones is 1. The van der Waals surface area contributed by atoms with E-state index in [0.717, 1.165) is 18.2 Å². The van der Waals surface area contributed by atoms with Crippen molar-refractivity contribution >= 4 is 17.1 Å². The highest BCUT2D eigenvalue weighted by Gasteiger charge is 2.12. The number of halogens is 2. The molecule has 1 nitrogen and oxygen atoms in total. The molecule has 0 saturated heterocycles. The van der Waals surface area contributed by atoms with Gasteiger partial charge in [0, 0.05) is 16.9 Å². The molecule has 2 aromatic rings. The van der Waals surface area contributed by atoms with Crippen LogP contribution in [0.1, 0.15) is 23.0 Å². The zero-order chi connectivity index (χ0) is 12.4. The SMILES string of the molecule is CCC(=O)c1ccc(-c2cc(F)ccc2F)s1. The van der Waals surface area contributed by atoms with Crippen molar-refractivity contribution in [3.05, 3.63) is 46.8 Å². The molecule has 0 radical (unpaired) electrons. The summed E-state index contributed by atoms with van der Waals surface area (Å²) in [5, 5.41) is 0. The number of rotatable bonds is 3. The molecule has 0 amide bonds. The zero-order valence-electron chi connectivity index (χ0n) is 9.17. The Morgan fingerprint density at radius 1 is 1.24 bits per heavy atom. The van der Waals surface area contributed by atoms with Crippen molar-refractivity contribution < 1.29 is 13.6 Å². The largest absolute Gasteiger partial charge is 0.293 e. The summed E-state index contributed by atoms with van der Waals surface area (Å²) in [6.07, 6.45) is 0.408.